The van der Waals surface area contributed by atoms with Crippen molar-refractivity contribution in [2.24, 2.45) is 0 Å². The summed E-state index contributed by atoms with van der Waals surface area (Å²) < 4.78 is 51.6. The van der Waals surface area contributed by atoms with Gasteiger partial charge in [0.05, 0.1) is 15.8 Å². The van der Waals surface area contributed by atoms with E-state index in [2.05, 4.69) is 0 Å². The van der Waals surface area contributed by atoms with Gasteiger partial charge in [-0.2, -0.15) is 0 Å². The number of aromatic carboxylic acids is 1. The number of hydrogen-bond acceptors (Lipinski definition) is 6. The predicted molar refractivity (Wildman–Crippen MR) is 78.9 cm³/mol. The second-order valence-electron chi connectivity index (χ2n) is 4.44. The summed E-state index contributed by atoms with van der Waals surface area (Å²) >= 11 is 0. The second kappa shape index (κ2) is 6.11. The van der Waals surface area contributed by atoms with Crippen molar-refractivity contribution in [1.82, 2.24) is 4.72 Å². The Balaban J connectivity index is 2.81. The Hall–Kier alpha value is -2.23. The van der Waals surface area contributed by atoms with E-state index in [9.17, 15) is 26.7 Å². The molecule has 0 amide bonds. The van der Waals surface area contributed by atoms with Crippen LogP contribution in [0.1, 0.15) is 10.4 Å². The van der Waals surface area contributed by atoms with Crippen LogP contribution < -0.4 is 9.83 Å². The summed E-state index contributed by atoms with van der Waals surface area (Å²) in [6, 6.07) is 9.80. The zero-order valence-corrected chi connectivity index (χ0v) is 13.5. The van der Waals surface area contributed by atoms with Crippen molar-refractivity contribution < 1.29 is 26.7 Å². The number of carbonyl (C=O) groups excluding carboxylic acids is 1. The molecule has 23 heavy (non-hydrogen) atoms. The Bertz CT molecular complexity index is 964. The molecule has 0 aliphatic heterocycles. The average molecular weight is 354 g/mol. The summed E-state index contributed by atoms with van der Waals surface area (Å²) in [5.74, 6) is -1.67. The number of carbonyl (C=O) groups is 1. The summed E-state index contributed by atoms with van der Waals surface area (Å²) in [5, 5.41) is 11.1. The normalized spacial score (nSPS) is 12.0. The highest BCUT2D eigenvalue weighted by Gasteiger charge is 2.28. The van der Waals surface area contributed by atoms with Gasteiger partial charge < -0.3 is 9.90 Å². The molecular weight excluding hydrogens is 342 g/mol. The number of carboxylic acids is 1. The van der Waals surface area contributed by atoms with Crippen LogP contribution in [0.4, 0.5) is 0 Å². The van der Waals surface area contributed by atoms with Gasteiger partial charge in [0.25, 0.3) is 0 Å². The van der Waals surface area contributed by atoms with Crippen molar-refractivity contribution in [3.8, 4) is 0 Å². The largest absolute Gasteiger partial charge is 0.545 e. The number of rotatable bonds is 5. The van der Waals surface area contributed by atoms with Gasteiger partial charge in [0.15, 0.2) is 0 Å². The van der Waals surface area contributed by atoms with Gasteiger partial charge in [0.1, 0.15) is 4.90 Å². The Kier molecular flexibility index (Phi) is 4.55. The van der Waals surface area contributed by atoms with E-state index in [1.54, 1.807) is 0 Å². The SMILES string of the molecule is CNS(=O)(=O)c1ccccc1S(=O)(=O)c1ccccc1C(=O)[O-]. The van der Waals surface area contributed by atoms with E-state index in [4.69, 9.17) is 0 Å². The molecule has 0 bridgehead atoms. The fourth-order valence-corrected chi connectivity index (χ4v) is 4.99. The third-order valence-corrected chi connectivity index (χ3v) is 6.57. The fraction of sp³-hybridized carbons (Fsp3) is 0.0714. The van der Waals surface area contributed by atoms with E-state index >= 15 is 0 Å². The molecule has 7 nitrogen and oxygen atoms in total. The first-order chi connectivity index (χ1) is 10.7. The molecule has 1 N–H and O–H groups in total. The van der Waals surface area contributed by atoms with Gasteiger partial charge in [0.2, 0.25) is 19.9 Å². The lowest BCUT2D eigenvalue weighted by atomic mass is 10.2. The summed E-state index contributed by atoms with van der Waals surface area (Å²) in [7, 11) is -7.28. The highest BCUT2D eigenvalue weighted by Crippen LogP contribution is 2.28. The van der Waals surface area contributed by atoms with Gasteiger partial charge in [-0.3, -0.25) is 0 Å². The number of benzene rings is 2. The summed E-state index contributed by atoms with van der Waals surface area (Å²) in [6.45, 7) is 0. The maximum atomic E-state index is 12.8. The predicted octanol–water partition coefficient (Wildman–Crippen LogP) is -0.209. The topological polar surface area (TPSA) is 120 Å². The molecule has 2 aromatic rings. The standard InChI is InChI=1S/C14H13NO6S2/c1-15-23(20,21)13-9-5-4-8-12(13)22(18,19)11-7-3-2-6-10(11)14(16)17/h2-9,15H,1H3,(H,16,17)/p-1. The highest BCUT2D eigenvalue weighted by atomic mass is 32.2. The Labute approximate surface area is 133 Å². The van der Waals surface area contributed by atoms with Crippen LogP contribution in [0.5, 0.6) is 0 Å². The Morgan fingerprint density at radius 3 is 1.87 bits per heavy atom. The first-order valence-corrected chi connectivity index (χ1v) is 9.26. The fourth-order valence-electron chi connectivity index (χ4n) is 1.99. The third kappa shape index (κ3) is 3.11. The molecule has 0 saturated heterocycles. The first kappa shape index (κ1) is 17.1. The van der Waals surface area contributed by atoms with E-state index < -0.39 is 46.1 Å². The van der Waals surface area contributed by atoms with Crippen LogP contribution in [0.15, 0.2) is 63.2 Å². The summed E-state index contributed by atoms with van der Waals surface area (Å²) in [6.07, 6.45) is 0. The van der Waals surface area contributed by atoms with Gasteiger partial charge in [-0.25, -0.2) is 21.6 Å². The third-order valence-electron chi connectivity index (χ3n) is 3.09. The minimum absolute atomic E-state index is 0.462. The zero-order valence-electron chi connectivity index (χ0n) is 11.9. The quantitative estimate of drug-likeness (QED) is 0.793. The second-order valence-corrected chi connectivity index (χ2v) is 8.18. The molecule has 122 valence electrons. The van der Waals surface area contributed by atoms with Gasteiger partial charge in [-0.05, 0) is 25.2 Å². The smallest absolute Gasteiger partial charge is 0.241 e. The number of carboxylic acid groups (broad SMARTS) is 1. The Morgan fingerprint density at radius 1 is 0.870 bits per heavy atom. The molecule has 0 aliphatic rings. The molecule has 0 saturated carbocycles. The molecule has 0 atom stereocenters. The van der Waals surface area contributed by atoms with E-state index in [0.717, 1.165) is 31.3 Å². The number of hydrogen-bond donors (Lipinski definition) is 1. The van der Waals surface area contributed by atoms with Crippen molar-refractivity contribution in [3.05, 3.63) is 54.1 Å². The molecule has 0 heterocycles. The average Bonchev–Trinajstić information content (AvgIpc) is 2.54. The molecule has 0 aliphatic carbocycles. The molecule has 9 heteroatoms. The summed E-state index contributed by atoms with van der Waals surface area (Å²) in [5.41, 5.74) is -0.538. The first-order valence-electron chi connectivity index (χ1n) is 6.30. The lowest BCUT2D eigenvalue weighted by molar-refractivity contribution is -0.255. The molecule has 0 radical (unpaired) electrons. The van der Waals surface area contributed by atoms with Crippen molar-refractivity contribution in [2.75, 3.05) is 7.05 Å². The number of sulfonamides is 1. The van der Waals surface area contributed by atoms with Gasteiger partial charge in [-0.1, -0.05) is 30.3 Å². The van der Waals surface area contributed by atoms with Crippen molar-refractivity contribution in [3.63, 3.8) is 0 Å². The van der Waals surface area contributed by atoms with E-state index in [1.165, 1.54) is 24.3 Å². The minimum Gasteiger partial charge on any atom is -0.545 e. The van der Waals surface area contributed by atoms with Crippen molar-refractivity contribution in [2.45, 2.75) is 14.7 Å². The van der Waals surface area contributed by atoms with Crippen LogP contribution in [0, 0.1) is 0 Å². The monoisotopic (exact) mass is 354 g/mol. The molecule has 0 fully saturated rings. The van der Waals surface area contributed by atoms with E-state index in [1.807, 2.05) is 4.72 Å². The van der Waals surface area contributed by atoms with Gasteiger partial charge >= 0.3 is 0 Å². The minimum atomic E-state index is -4.38. The molecule has 2 aromatic carbocycles. The number of nitrogens with one attached hydrogen (secondary N) is 1. The molecule has 0 spiro atoms. The summed E-state index contributed by atoms with van der Waals surface area (Å²) in [4.78, 5) is 9.63. The van der Waals surface area contributed by atoms with Crippen LogP contribution in [-0.2, 0) is 19.9 Å². The molecule has 0 aromatic heterocycles. The maximum Gasteiger partial charge on any atom is 0.241 e. The van der Waals surface area contributed by atoms with Crippen LogP contribution >= 0.6 is 0 Å². The lowest BCUT2D eigenvalue weighted by Crippen LogP contribution is -2.25. The van der Waals surface area contributed by atoms with Gasteiger partial charge in [0, 0.05) is 5.56 Å². The van der Waals surface area contributed by atoms with Crippen molar-refractivity contribution in [1.29, 1.82) is 0 Å². The van der Waals surface area contributed by atoms with Crippen LogP contribution in [0.25, 0.3) is 0 Å². The van der Waals surface area contributed by atoms with Crippen LogP contribution in [0.3, 0.4) is 0 Å². The molecular formula is C14H12NO6S2-. The highest BCUT2D eigenvalue weighted by molar-refractivity contribution is 7.93. The zero-order chi connectivity index (χ0) is 17.3. The Morgan fingerprint density at radius 2 is 1.35 bits per heavy atom. The maximum absolute atomic E-state index is 12.8. The molecule has 0 unspecified atom stereocenters. The number of sulfone groups is 1. The lowest BCUT2D eigenvalue weighted by Gasteiger charge is -2.14. The molecule has 2 rings (SSSR count). The van der Waals surface area contributed by atoms with Crippen molar-refractivity contribution >= 4 is 25.8 Å². The van der Waals surface area contributed by atoms with Crippen LogP contribution in [0.2, 0.25) is 0 Å². The van der Waals surface area contributed by atoms with E-state index in [0.29, 0.717) is 0 Å². The van der Waals surface area contributed by atoms with Crippen LogP contribution in [-0.4, -0.2) is 29.9 Å². The van der Waals surface area contributed by atoms with Gasteiger partial charge in [-0.15, -0.1) is 0 Å². The van der Waals surface area contributed by atoms with E-state index in [-0.39, 0.29) is 0 Å².